The van der Waals surface area contributed by atoms with E-state index in [-0.39, 0.29) is 0 Å². The van der Waals surface area contributed by atoms with Crippen LogP contribution in [0.25, 0.3) is 5.52 Å². The van der Waals surface area contributed by atoms with Gasteiger partial charge in [-0.3, -0.25) is 4.98 Å². The summed E-state index contributed by atoms with van der Waals surface area (Å²) in [6, 6.07) is 7.57. The van der Waals surface area contributed by atoms with E-state index in [0.717, 1.165) is 17.5 Å². The molecule has 3 heterocycles. The molecule has 3 rings (SSSR count). The van der Waals surface area contributed by atoms with Gasteiger partial charge in [-0.15, -0.1) is 0 Å². The number of nitrogens with zero attached hydrogens (tertiary/aromatic N) is 3. The zero-order chi connectivity index (χ0) is 14.7. The Morgan fingerprint density at radius 1 is 1.29 bits per heavy atom. The molecule has 0 aliphatic rings. The monoisotopic (exact) mass is 283 g/mol. The molecule has 0 bridgehead atoms. The van der Waals surface area contributed by atoms with Crippen LogP contribution in [-0.4, -0.2) is 26.3 Å². The Morgan fingerprint density at radius 3 is 3.05 bits per heavy atom. The Morgan fingerprint density at radius 2 is 2.19 bits per heavy atom. The van der Waals surface area contributed by atoms with E-state index in [0.29, 0.717) is 17.9 Å². The number of rotatable bonds is 5. The second kappa shape index (κ2) is 5.93. The molecular formula is C16H17N3O2. The van der Waals surface area contributed by atoms with Gasteiger partial charge >= 0.3 is 0 Å². The van der Waals surface area contributed by atoms with E-state index < -0.39 is 6.10 Å². The number of hydrogen-bond acceptors (Lipinski definition) is 4. The molecule has 21 heavy (non-hydrogen) atoms. The fraction of sp³-hybridized carbons (Fsp3) is 0.250. The Bertz CT molecular complexity index is 739. The molecule has 0 spiro atoms. The normalized spacial score (nSPS) is 12.5. The Labute approximate surface area is 122 Å². The lowest BCUT2D eigenvalue weighted by atomic mass is 10.0. The molecule has 1 unspecified atom stereocenters. The average molecular weight is 283 g/mol. The Balaban J connectivity index is 1.92. The number of hydrogen-bond donors (Lipinski definition) is 1. The minimum absolute atomic E-state index is 0.637. The molecule has 0 fully saturated rings. The van der Waals surface area contributed by atoms with Gasteiger partial charge in [0.05, 0.1) is 24.5 Å². The molecule has 0 radical (unpaired) electrons. The standard InChI is InChI=1S/C16H17N3O2/c1-2-7-21-13-8-12(9-17-10-13)16(20)14-11-18-19-6-4-3-5-15(14)19/h3-6,8-11,16,20H,2,7H2,1H3. The van der Waals surface area contributed by atoms with Crippen LogP contribution in [0.3, 0.4) is 0 Å². The molecular weight excluding hydrogens is 266 g/mol. The van der Waals surface area contributed by atoms with E-state index in [4.69, 9.17) is 4.74 Å². The summed E-state index contributed by atoms with van der Waals surface area (Å²) in [5.74, 6) is 0.671. The van der Waals surface area contributed by atoms with Gasteiger partial charge in [-0.05, 0) is 24.6 Å². The fourth-order valence-electron chi connectivity index (χ4n) is 2.23. The van der Waals surface area contributed by atoms with Crippen molar-refractivity contribution in [2.75, 3.05) is 6.61 Å². The first-order chi connectivity index (χ1) is 10.3. The van der Waals surface area contributed by atoms with Crippen molar-refractivity contribution < 1.29 is 9.84 Å². The van der Waals surface area contributed by atoms with Crippen LogP contribution in [0.4, 0.5) is 0 Å². The topological polar surface area (TPSA) is 59.7 Å². The highest BCUT2D eigenvalue weighted by Crippen LogP contribution is 2.27. The Hall–Kier alpha value is -2.40. The smallest absolute Gasteiger partial charge is 0.137 e. The lowest BCUT2D eigenvalue weighted by Gasteiger charge is -2.11. The van der Waals surface area contributed by atoms with E-state index in [1.807, 2.05) is 37.4 Å². The van der Waals surface area contributed by atoms with Gasteiger partial charge in [-0.25, -0.2) is 4.52 Å². The lowest BCUT2D eigenvalue weighted by molar-refractivity contribution is 0.220. The zero-order valence-electron chi connectivity index (χ0n) is 11.8. The molecule has 3 aromatic heterocycles. The number of pyridine rings is 2. The molecule has 5 nitrogen and oxygen atoms in total. The lowest BCUT2D eigenvalue weighted by Crippen LogP contribution is -2.02. The second-order valence-corrected chi connectivity index (χ2v) is 4.84. The summed E-state index contributed by atoms with van der Waals surface area (Å²) in [5.41, 5.74) is 2.33. The van der Waals surface area contributed by atoms with Crippen molar-refractivity contribution in [1.82, 2.24) is 14.6 Å². The quantitative estimate of drug-likeness (QED) is 0.782. The molecule has 0 saturated heterocycles. The molecule has 3 aromatic rings. The number of aliphatic hydroxyl groups excluding tert-OH is 1. The van der Waals surface area contributed by atoms with Crippen molar-refractivity contribution in [3.8, 4) is 5.75 Å². The van der Waals surface area contributed by atoms with Crippen LogP contribution in [-0.2, 0) is 0 Å². The highest BCUT2D eigenvalue weighted by molar-refractivity contribution is 5.56. The minimum Gasteiger partial charge on any atom is -0.492 e. The number of aliphatic hydroxyl groups is 1. The highest BCUT2D eigenvalue weighted by Gasteiger charge is 2.16. The van der Waals surface area contributed by atoms with Crippen LogP contribution in [0, 0.1) is 0 Å². The first-order valence-corrected chi connectivity index (χ1v) is 6.97. The summed E-state index contributed by atoms with van der Waals surface area (Å²) < 4.78 is 7.30. The molecule has 5 heteroatoms. The Kier molecular flexibility index (Phi) is 3.83. The van der Waals surface area contributed by atoms with Crippen molar-refractivity contribution in [3.05, 3.63) is 60.2 Å². The zero-order valence-corrected chi connectivity index (χ0v) is 11.8. The first kappa shape index (κ1) is 13.6. The third-order valence-electron chi connectivity index (χ3n) is 3.27. The number of aromatic nitrogens is 3. The van der Waals surface area contributed by atoms with Gasteiger partial charge in [0.25, 0.3) is 0 Å². The maximum atomic E-state index is 10.6. The SMILES string of the molecule is CCCOc1cncc(C(O)c2cnn3ccccc23)c1. The maximum absolute atomic E-state index is 10.6. The largest absolute Gasteiger partial charge is 0.492 e. The van der Waals surface area contributed by atoms with Crippen LogP contribution < -0.4 is 4.74 Å². The van der Waals surface area contributed by atoms with Crippen LogP contribution in [0.5, 0.6) is 5.75 Å². The van der Waals surface area contributed by atoms with Gasteiger partial charge in [0.15, 0.2) is 0 Å². The van der Waals surface area contributed by atoms with Crippen molar-refractivity contribution in [2.24, 2.45) is 0 Å². The first-order valence-electron chi connectivity index (χ1n) is 6.97. The number of fused-ring (bicyclic) bond motifs is 1. The highest BCUT2D eigenvalue weighted by atomic mass is 16.5. The maximum Gasteiger partial charge on any atom is 0.137 e. The molecule has 1 atom stereocenters. The fourth-order valence-corrected chi connectivity index (χ4v) is 2.23. The average Bonchev–Trinajstić information content (AvgIpc) is 2.96. The van der Waals surface area contributed by atoms with Gasteiger partial charge in [0, 0.05) is 23.5 Å². The van der Waals surface area contributed by atoms with Crippen molar-refractivity contribution in [2.45, 2.75) is 19.4 Å². The summed E-state index contributed by atoms with van der Waals surface area (Å²) in [4.78, 5) is 4.14. The van der Waals surface area contributed by atoms with Crippen LogP contribution in [0.15, 0.2) is 49.1 Å². The summed E-state index contributed by atoms with van der Waals surface area (Å²) >= 11 is 0. The summed E-state index contributed by atoms with van der Waals surface area (Å²) in [7, 11) is 0. The predicted molar refractivity (Wildman–Crippen MR) is 79.3 cm³/mol. The summed E-state index contributed by atoms with van der Waals surface area (Å²) in [5, 5.41) is 14.8. The molecule has 108 valence electrons. The van der Waals surface area contributed by atoms with Crippen molar-refractivity contribution in [1.29, 1.82) is 0 Å². The van der Waals surface area contributed by atoms with Crippen LogP contribution in [0.1, 0.15) is 30.6 Å². The van der Waals surface area contributed by atoms with Gasteiger partial charge in [0.1, 0.15) is 11.9 Å². The van der Waals surface area contributed by atoms with Crippen molar-refractivity contribution in [3.63, 3.8) is 0 Å². The van der Waals surface area contributed by atoms with E-state index in [9.17, 15) is 5.11 Å². The van der Waals surface area contributed by atoms with E-state index in [1.54, 1.807) is 23.1 Å². The van der Waals surface area contributed by atoms with Crippen LogP contribution >= 0.6 is 0 Å². The molecule has 0 aliphatic carbocycles. The van der Waals surface area contributed by atoms with E-state index in [1.165, 1.54) is 0 Å². The van der Waals surface area contributed by atoms with Gasteiger partial charge in [-0.1, -0.05) is 13.0 Å². The third-order valence-corrected chi connectivity index (χ3v) is 3.27. The predicted octanol–water partition coefficient (Wildman–Crippen LogP) is 2.60. The second-order valence-electron chi connectivity index (χ2n) is 4.84. The number of ether oxygens (including phenoxy) is 1. The van der Waals surface area contributed by atoms with Gasteiger partial charge in [0.2, 0.25) is 0 Å². The van der Waals surface area contributed by atoms with Gasteiger partial charge in [-0.2, -0.15) is 5.10 Å². The summed E-state index contributed by atoms with van der Waals surface area (Å²) in [6.07, 6.45) is 6.99. The molecule has 0 amide bonds. The van der Waals surface area contributed by atoms with E-state index in [2.05, 4.69) is 10.1 Å². The summed E-state index contributed by atoms with van der Waals surface area (Å²) in [6.45, 7) is 2.68. The molecule has 1 N–H and O–H groups in total. The molecule has 0 aliphatic heterocycles. The minimum atomic E-state index is -0.775. The van der Waals surface area contributed by atoms with E-state index >= 15 is 0 Å². The third kappa shape index (κ3) is 2.73. The van der Waals surface area contributed by atoms with Crippen LogP contribution in [0.2, 0.25) is 0 Å². The molecule has 0 aromatic carbocycles. The van der Waals surface area contributed by atoms with Gasteiger partial charge < -0.3 is 9.84 Å². The molecule has 0 saturated carbocycles. The van der Waals surface area contributed by atoms with Crippen molar-refractivity contribution >= 4 is 5.52 Å².